The van der Waals surface area contributed by atoms with Gasteiger partial charge >= 0.3 is 5.97 Å². The highest BCUT2D eigenvalue weighted by Crippen LogP contribution is 2.45. The van der Waals surface area contributed by atoms with Crippen molar-refractivity contribution in [2.75, 3.05) is 24.5 Å². The zero-order valence-corrected chi connectivity index (χ0v) is 13.6. The van der Waals surface area contributed by atoms with Crippen LogP contribution < -0.4 is 4.90 Å². The molecule has 1 saturated carbocycles. The molecule has 2 saturated heterocycles. The molecule has 7 heteroatoms. The van der Waals surface area contributed by atoms with Crippen LogP contribution in [-0.2, 0) is 9.59 Å². The van der Waals surface area contributed by atoms with Gasteiger partial charge < -0.3 is 14.9 Å². The molecule has 24 heavy (non-hydrogen) atoms. The number of carboxylic acid groups (broad SMARTS) is 1. The Morgan fingerprint density at radius 2 is 1.83 bits per heavy atom. The van der Waals surface area contributed by atoms with Gasteiger partial charge in [-0.2, -0.15) is 0 Å². The zero-order valence-electron chi connectivity index (χ0n) is 13.6. The fourth-order valence-corrected chi connectivity index (χ4v) is 4.07. The lowest BCUT2D eigenvalue weighted by atomic mass is 9.76. The van der Waals surface area contributed by atoms with Crippen molar-refractivity contribution in [1.82, 2.24) is 14.9 Å². The Bertz CT molecular complexity index is 638. The minimum absolute atomic E-state index is 0.0492. The highest BCUT2D eigenvalue weighted by molar-refractivity contribution is 5.87. The second-order valence-corrected chi connectivity index (χ2v) is 7.33. The smallest absolute Gasteiger partial charge is 0.326 e. The van der Waals surface area contributed by atoms with Crippen molar-refractivity contribution < 1.29 is 14.7 Å². The van der Waals surface area contributed by atoms with Crippen molar-refractivity contribution in [2.24, 2.45) is 11.3 Å². The fraction of sp³-hybridized carbons (Fsp3) is 0.647. The van der Waals surface area contributed by atoms with Crippen LogP contribution in [0.5, 0.6) is 0 Å². The van der Waals surface area contributed by atoms with Gasteiger partial charge in [-0.1, -0.05) is 0 Å². The van der Waals surface area contributed by atoms with Gasteiger partial charge in [0.1, 0.15) is 6.04 Å². The first kappa shape index (κ1) is 15.4. The Kier molecular flexibility index (Phi) is 3.66. The van der Waals surface area contributed by atoms with Crippen LogP contribution in [0.1, 0.15) is 32.1 Å². The lowest BCUT2D eigenvalue weighted by Crippen LogP contribution is -2.43. The Morgan fingerprint density at radius 1 is 1.17 bits per heavy atom. The van der Waals surface area contributed by atoms with Crippen molar-refractivity contribution >= 4 is 17.8 Å². The average molecular weight is 330 g/mol. The normalized spacial score (nSPS) is 25.9. The first-order valence-electron chi connectivity index (χ1n) is 8.63. The number of piperidine rings is 1. The predicted octanol–water partition coefficient (Wildman–Crippen LogP) is 1.16. The van der Waals surface area contributed by atoms with Crippen molar-refractivity contribution in [3.8, 4) is 0 Å². The van der Waals surface area contributed by atoms with E-state index in [4.69, 9.17) is 0 Å². The molecule has 1 aromatic heterocycles. The second-order valence-electron chi connectivity index (χ2n) is 7.33. The van der Waals surface area contributed by atoms with Gasteiger partial charge in [0.15, 0.2) is 0 Å². The standard InChI is InChI=1S/C17H22N4O3/c22-14(12-2-3-12)21-11-17(10-13(21)15(23)24)4-8-20(9-5-17)16-18-6-1-7-19-16/h1,6-7,12-13H,2-5,8-11H2,(H,23,24). The summed E-state index contributed by atoms with van der Waals surface area (Å²) in [7, 11) is 0. The topological polar surface area (TPSA) is 86.6 Å². The number of hydrogen-bond donors (Lipinski definition) is 1. The van der Waals surface area contributed by atoms with E-state index in [0.29, 0.717) is 13.0 Å². The number of aliphatic carboxylic acids is 1. The molecule has 0 radical (unpaired) electrons. The lowest BCUT2D eigenvalue weighted by molar-refractivity contribution is -0.148. The molecule has 2 aliphatic heterocycles. The Morgan fingerprint density at radius 3 is 2.42 bits per heavy atom. The Hall–Kier alpha value is -2.18. The maximum Gasteiger partial charge on any atom is 0.326 e. The van der Waals surface area contributed by atoms with Crippen molar-refractivity contribution in [2.45, 2.75) is 38.1 Å². The number of rotatable bonds is 3. The molecule has 0 bridgehead atoms. The van der Waals surface area contributed by atoms with E-state index in [1.54, 1.807) is 23.4 Å². The van der Waals surface area contributed by atoms with Gasteiger partial charge in [0, 0.05) is 37.9 Å². The summed E-state index contributed by atoms with van der Waals surface area (Å²) >= 11 is 0. The largest absolute Gasteiger partial charge is 0.480 e. The van der Waals surface area contributed by atoms with E-state index in [-0.39, 0.29) is 17.2 Å². The van der Waals surface area contributed by atoms with Crippen molar-refractivity contribution in [3.63, 3.8) is 0 Å². The molecule has 1 spiro atoms. The third-order valence-corrected chi connectivity index (χ3v) is 5.66. The Labute approximate surface area is 140 Å². The van der Waals surface area contributed by atoms with Gasteiger partial charge in [0.25, 0.3) is 0 Å². The van der Waals surface area contributed by atoms with Gasteiger partial charge in [-0.3, -0.25) is 4.79 Å². The number of anilines is 1. The van der Waals surface area contributed by atoms with Crippen LogP contribution >= 0.6 is 0 Å². The molecule has 1 aromatic rings. The van der Waals surface area contributed by atoms with Crippen LogP contribution in [0.3, 0.4) is 0 Å². The van der Waals surface area contributed by atoms with E-state index >= 15 is 0 Å². The number of nitrogens with zero attached hydrogens (tertiary/aromatic N) is 4. The Balaban J connectivity index is 1.46. The zero-order chi connectivity index (χ0) is 16.7. The minimum Gasteiger partial charge on any atom is -0.480 e. The first-order valence-corrected chi connectivity index (χ1v) is 8.63. The number of carbonyl (C=O) groups is 2. The number of amides is 1. The molecule has 4 rings (SSSR count). The maximum absolute atomic E-state index is 12.5. The number of carbonyl (C=O) groups excluding carboxylic acids is 1. The van der Waals surface area contributed by atoms with E-state index in [0.717, 1.165) is 44.7 Å². The third kappa shape index (κ3) is 2.72. The minimum atomic E-state index is -0.866. The molecular formula is C17H22N4O3. The highest BCUT2D eigenvalue weighted by Gasteiger charge is 2.51. The third-order valence-electron chi connectivity index (χ3n) is 5.66. The predicted molar refractivity (Wildman–Crippen MR) is 86.4 cm³/mol. The molecule has 7 nitrogen and oxygen atoms in total. The number of hydrogen-bond acceptors (Lipinski definition) is 5. The fourth-order valence-electron chi connectivity index (χ4n) is 4.07. The molecule has 1 unspecified atom stereocenters. The van der Waals surface area contributed by atoms with Crippen LogP contribution in [0.4, 0.5) is 5.95 Å². The monoisotopic (exact) mass is 330 g/mol. The van der Waals surface area contributed by atoms with Gasteiger partial charge in [0.2, 0.25) is 11.9 Å². The van der Waals surface area contributed by atoms with Crippen molar-refractivity contribution in [3.05, 3.63) is 18.5 Å². The lowest BCUT2D eigenvalue weighted by Gasteiger charge is -2.39. The molecule has 3 fully saturated rings. The van der Waals surface area contributed by atoms with Crippen LogP contribution in [0.2, 0.25) is 0 Å². The molecule has 0 aromatic carbocycles. The average Bonchev–Trinajstić information content (AvgIpc) is 3.38. The van der Waals surface area contributed by atoms with Crippen LogP contribution in [0.25, 0.3) is 0 Å². The molecule has 3 aliphatic rings. The number of carboxylic acids is 1. The summed E-state index contributed by atoms with van der Waals surface area (Å²) in [5.41, 5.74) is -0.0705. The van der Waals surface area contributed by atoms with E-state index < -0.39 is 12.0 Å². The summed E-state index contributed by atoms with van der Waals surface area (Å²) in [6.45, 7) is 2.20. The van der Waals surface area contributed by atoms with Gasteiger partial charge in [-0.25, -0.2) is 14.8 Å². The van der Waals surface area contributed by atoms with E-state index in [1.807, 2.05) is 0 Å². The van der Waals surface area contributed by atoms with E-state index in [9.17, 15) is 14.7 Å². The van der Waals surface area contributed by atoms with Crippen molar-refractivity contribution in [1.29, 1.82) is 0 Å². The molecule has 1 aliphatic carbocycles. The molecule has 1 atom stereocenters. The van der Waals surface area contributed by atoms with E-state index in [1.165, 1.54) is 0 Å². The van der Waals surface area contributed by atoms with Gasteiger partial charge in [-0.05, 0) is 43.6 Å². The second kappa shape index (κ2) is 5.72. The highest BCUT2D eigenvalue weighted by atomic mass is 16.4. The summed E-state index contributed by atoms with van der Waals surface area (Å²) in [5.74, 6) is -0.0198. The van der Waals surface area contributed by atoms with Gasteiger partial charge in [0.05, 0.1) is 0 Å². The molecule has 3 heterocycles. The molecule has 1 N–H and O–H groups in total. The van der Waals surface area contributed by atoms with Crippen LogP contribution in [-0.4, -0.2) is 57.5 Å². The van der Waals surface area contributed by atoms with E-state index in [2.05, 4.69) is 14.9 Å². The van der Waals surface area contributed by atoms with Crippen LogP contribution in [0, 0.1) is 11.3 Å². The van der Waals surface area contributed by atoms with Gasteiger partial charge in [-0.15, -0.1) is 0 Å². The maximum atomic E-state index is 12.5. The summed E-state index contributed by atoms with van der Waals surface area (Å²) < 4.78 is 0. The summed E-state index contributed by atoms with van der Waals surface area (Å²) in [6, 6.07) is 1.14. The quantitative estimate of drug-likeness (QED) is 0.895. The number of aromatic nitrogens is 2. The summed E-state index contributed by atoms with van der Waals surface area (Å²) in [4.78, 5) is 36.5. The molecule has 1 amide bonds. The molecule has 128 valence electrons. The number of likely N-dealkylation sites (tertiary alicyclic amines) is 1. The summed E-state index contributed by atoms with van der Waals surface area (Å²) in [6.07, 6.45) is 7.62. The first-order chi connectivity index (χ1) is 11.6. The SMILES string of the molecule is O=C(O)C1CC2(CCN(c3ncccn3)CC2)CN1C(=O)C1CC1. The molecular weight excluding hydrogens is 308 g/mol. The summed E-state index contributed by atoms with van der Waals surface area (Å²) in [5, 5.41) is 9.55. The van der Waals surface area contributed by atoms with Crippen LogP contribution in [0.15, 0.2) is 18.5 Å².